The lowest BCUT2D eigenvalue weighted by Crippen LogP contribution is -2.13. The molecule has 0 heterocycles. The number of aromatic carboxylic acids is 1. The molecule has 0 atom stereocenters. The van der Waals surface area contributed by atoms with Crippen LogP contribution in [0.15, 0.2) is 36.9 Å². The maximum atomic E-state index is 11.7. The molecule has 0 saturated heterocycles. The average Bonchev–Trinajstić information content (AvgIpc) is 2.50. The van der Waals surface area contributed by atoms with Crippen molar-refractivity contribution in [2.45, 2.75) is 6.42 Å². The first-order chi connectivity index (χ1) is 10.1. The largest absolute Gasteiger partial charge is 0.478 e. The van der Waals surface area contributed by atoms with E-state index in [0.29, 0.717) is 0 Å². The molecule has 0 radical (unpaired) electrons. The molecule has 1 rings (SSSR count). The molecule has 0 aliphatic rings. The van der Waals surface area contributed by atoms with Crippen LogP contribution in [-0.4, -0.2) is 36.2 Å². The predicted molar refractivity (Wildman–Crippen MR) is 70.5 cm³/mol. The minimum Gasteiger partial charge on any atom is -0.478 e. The Balaban J connectivity index is 2.36. The van der Waals surface area contributed by atoms with Gasteiger partial charge >= 0.3 is 17.9 Å². The molecule has 21 heavy (non-hydrogen) atoms. The summed E-state index contributed by atoms with van der Waals surface area (Å²) in [5, 5.41) is 8.95. The number of carbonyl (C=O) groups is 3. The van der Waals surface area contributed by atoms with Gasteiger partial charge in [-0.25, -0.2) is 14.4 Å². The number of hydrogen-bond donors (Lipinski definition) is 1. The van der Waals surface area contributed by atoms with Gasteiger partial charge in [0.15, 0.2) is 0 Å². The number of carboxylic acids is 1. The molecule has 0 aliphatic carbocycles. The van der Waals surface area contributed by atoms with Crippen LogP contribution in [0.1, 0.15) is 27.1 Å². The molecule has 0 unspecified atom stereocenters. The second kappa shape index (κ2) is 8.49. The summed E-state index contributed by atoms with van der Waals surface area (Å²) in [5.41, 5.74) is -0.150. The van der Waals surface area contributed by atoms with Crippen molar-refractivity contribution in [3.05, 3.63) is 48.0 Å². The van der Waals surface area contributed by atoms with Gasteiger partial charge in [0.05, 0.1) is 24.3 Å². The number of rotatable bonds is 8. The van der Waals surface area contributed by atoms with Crippen molar-refractivity contribution in [1.82, 2.24) is 0 Å². The van der Waals surface area contributed by atoms with E-state index in [2.05, 4.69) is 16.4 Å². The van der Waals surface area contributed by atoms with E-state index in [1.807, 2.05) is 0 Å². The van der Waals surface area contributed by atoms with Gasteiger partial charge < -0.3 is 9.84 Å². The lowest BCUT2D eigenvalue weighted by Gasteiger charge is -2.07. The third kappa shape index (κ3) is 5.45. The van der Waals surface area contributed by atoms with Crippen molar-refractivity contribution >= 4 is 17.9 Å². The van der Waals surface area contributed by atoms with Crippen LogP contribution in [-0.2, 0) is 19.3 Å². The maximum absolute atomic E-state index is 11.7. The van der Waals surface area contributed by atoms with Gasteiger partial charge in [-0.05, 0) is 12.1 Å². The average molecular weight is 294 g/mol. The molecule has 0 spiro atoms. The molecular weight excluding hydrogens is 280 g/mol. The molecule has 1 N–H and O–H groups in total. The van der Waals surface area contributed by atoms with Crippen LogP contribution in [0.2, 0.25) is 0 Å². The lowest BCUT2D eigenvalue weighted by molar-refractivity contribution is -0.268. The van der Waals surface area contributed by atoms with Crippen LogP contribution < -0.4 is 0 Å². The summed E-state index contributed by atoms with van der Waals surface area (Å²) in [7, 11) is 0. The third-order valence-corrected chi connectivity index (χ3v) is 2.29. The summed E-state index contributed by atoms with van der Waals surface area (Å²) in [4.78, 5) is 42.1. The Morgan fingerprint density at radius 1 is 1.14 bits per heavy atom. The van der Waals surface area contributed by atoms with E-state index >= 15 is 0 Å². The fourth-order valence-electron chi connectivity index (χ4n) is 1.34. The summed E-state index contributed by atoms with van der Waals surface area (Å²) in [6.45, 7) is 3.22. The van der Waals surface area contributed by atoms with Crippen LogP contribution in [0.5, 0.6) is 0 Å². The van der Waals surface area contributed by atoms with Gasteiger partial charge in [0, 0.05) is 12.5 Å². The summed E-state index contributed by atoms with van der Waals surface area (Å²) in [6, 6.07) is 5.74. The molecule has 0 saturated carbocycles. The Bertz CT molecular complexity index is 536. The van der Waals surface area contributed by atoms with E-state index in [0.717, 1.165) is 6.08 Å². The molecule has 0 bridgehead atoms. The van der Waals surface area contributed by atoms with Gasteiger partial charge in [-0.15, -0.1) is 0 Å². The first-order valence-corrected chi connectivity index (χ1v) is 6.01. The monoisotopic (exact) mass is 294 g/mol. The predicted octanol–water partition coefficient (Wildman–Crippen LogP) is 1.59. The van der Waals surface area contributed by atoms with E-state index in [1.54, 1.807) is 6.07 Å². The van der Waals surface area contributed by atoms with Crippen molar-refractivity contribution < 1.29 is 34.0 Å². The zero-order valence-corrected chi connectivity index (χ0v) is 11.1. The molecule has 112 valence electrons. The SMILES string of the molecule is C=CC(=O)OOCCCOC(=O)c1ccccc1C(=O)O. The fraction of sp³-hybridized carbons (Fsp3) is 0.214. The Hall–Kier alpha value is -2.67. The molecule has 0 fully saturated rings. The van der Waals surface area contributed by atoms with Crippen LogP contribution in [0.25, 0.3) is 0 Å². The van der Waals surface area contributed by atoms with Gasteiger partial charge in [0.25, 0.3) is 0 Å². The highest BCUT2D eigenvalue weighted by atomic mass is 17.2. The van der Waals surface area contributed by atoms with Gasteiger partial charge in [-0.3, -0.25) is 4.89 Å². The number of hydrogen-bond acceptors (Lipinski definition) is 6. The first-order valence-electron chi connectivity index (χ1n) is 6.01. The van der Waals surface area contributed by atoms with E-state index in [-0.39, 0.29) is 30.8 Å². The zero-order chi connectivity index (χ0) is 15.7. The topological polar surface area (TPSA) is 99.1 Å². The van der Waals surface area contributed by atoms with Crippen LogP contribution in [0, 0.1) is 0 Å². The number of benzene rings is 1. The Morgan fingerprint density at radius 3 is 2.43 bits per heavy atom. The van der Waals surface area contributed by atoms with Crippen molar-refractivity contribution in [3.8, 4) is 0 Å². The Labute approximate surface area is 120 Å². The van der Waals surface area contributed by atoms with E-state index in [1.165, 1.54) is 18.2 Å². The van der Waals surface area contributed by atoms with Gasteiger partial charge in [-0.2, -0.15) is 4.89 Å². The number of carbonyl (C=O) groups excluding carboxylic acids is 2. The van der Waals surface area contributed by atoms with Gasteiger partial charge in [-0.1, -0.05) is 18.7 Å². The standard InChI is InChI=1S/C14H14O7/c1-2-12(15)21-20-9-5-8-19-14(18)11-7-4-3-6-10(11)13(16)17/h2-4,6-7H,1,5,8-9H2,(H,16,17). The van der Waals surface area contributed by atoms with Crippen molar-refractivity contribution in [2.75, 3.05) is 13.2 Å². The summed E-state index contributed by atoms with van der Waals surface area (Å²) in [5.74, 6) is -2.67. The van der Waals surface area contributed by atoms with E-state index < -0.39 is 17.9 Å². The van der Waals surface area contributed by atoms with Crippen molar-refractivity contribution in [1.29, 1.82) is 0 Å². The van der Waals surface area contributed by atoms with Crippen LogP contribution in [0.3, 0.4) is 0 Å². The molecule has 1 aromatic carbocycles. The minimum atomic E-state index is -1.21. The highest BCUT2D eigenvalue weighted by molar-refractivity contribution is 6.02. The maximum Gasteiger partial charge on any atom is 0.365 e. The van der Waals surface area contributed by atoms with E-state index in [9.17, 15) is 14.4 Å². The molecule has 0 aliphatic heterocycles. The zero-order valence-electron chi connectivity index (χ0n) is 11.1. The van der Waals surface area contributed by atoms with Gasteiger partial charge in [0.2, 0.25) is 0 Å². The number of esters is 1. The summed E-state index contributed by atoms with van der Waals surface area (Å²) in [6.07, 6.45) is 1.23. The molecular formula is C14H14O7. The van der Waals surface area contributed by atoms with Gasteiger partial charge in [0.1, 0.15) is 0 Å². The second-order valence-corrected chi connectivity index (χ2v) is 3.77. The molecule has 7 nitrogen and oxygen atoms in total. The van der Waals surface area contributed by atoms with Crippen LogP contribution in [0.4, 0.5) is 0 Å². The molecule has 1 aromatic rings. The first kappa shape index (κ1) is 16.4. The molecule has 0 aromatic heterocycles. The lowest BCUT2D eigenvalue weighted by atomic mass is 10.1. The van der Waals surface area contributed by atoms with E-state index in [4.69, 9.17) is 9.84 Å². The molecule has 0 amide bonds. The summed E-state index contributed by atoms with van der Waals surface area (Å²) < 4.78 is 4.91. The Kier molecular flexibility index (Phi) is 6.62. The smallest absolute Gasteiger partial charge is 0.365 e. The highest BCUT2D eigenvalue weighted by Gasteiger charge is 2.16. The minimum absolute atomic E-state index is 0.00156. The normalized spacial score (nSPS) is 9.71. The van der Waals surface area contributed by atoms with Crippen molar-refractivity contribution in [2.24, 2.45) is 0 Å². The second-order valence-electron chi connectivity index (χ2n) is 3.77. The summed E-state index contributed by atoms with van der Waals surface area (Å²) >= 11 is 0. The number of ether oxygens (including phenoxy) is 1. The molecule has 7 heteroatoms. The van der Waals surface area contributed by atoms with Crippen molar-refractivity contribution in [3.63, 3.8) is 0 Å². The highest BCUT2D eigenvalue weighted by Crippen LogP contribution is 2.10. The van der Waals surface area contributed by atoms with Crippen LogP contribution >= 0.6 is 0 Å². The Morgan fingerprint density at radius 2 is 1.81 bits per heavy atom. The fourth-order valence-corrected chi connectivity index (χ4v) is 1.34. The quantitative estimate of drug-likeness (QED) is 0.255. The number of carboxylic acid groups (broad SMARTS) is 1. The third-order valence-electron chi connectivity index (χ3n) is 2.29.